The maximum Gasteiger partial charge on any atom is 0.338 e. The maximum absolute atomic E-state index is 11.2. The van der Waals surface area contributed by atoms with Crippen molar-refractivity contribution < 1.29 is 19.7 Å². The lowest BCUT2D eigenvalue weighted by molar-refractivity contribution is -0.159. The van der Waals surface area contributed by atoms with Gasteiger partial charge in [0.15, 0.2) is 6.10 Å². The van der Waals surface area contributed by atoms with Crippen LogP contribution in [0.1, 0.15) is 18.6 Å². The SMILES string of the molecule is CCOC(=O)C(O)C(O)c1cnc(Cl)nc1Cl. The van der Waals surface area contributed by atoms with E-state index >= 15 is 0 Å². The third-order valence-electron chi connectivity index (χ3n) is 1.88. The summed E-state index contributed by atoms with van der Waals surface area (Å²) in [6, 6.07) is 0. The normalized spacial score (nSPS) is 14.2. The number of halogens is 2. The molecular weight excluding hydrogens is 271 g/mol. The standard InChI is InChI=1S/C9H10Cl2N2O4/c1-2-17-8(16)6(15)5(14)4-3-12-9(11)13-7(4)10/h3,5-6,14-15H,2H2,1H3. The van der Waals surface area contributed by atoms with Gasteiger partial charge in [0.2, 0.25) is 5.28 Å². The minimum absolute atomic E-state index is 0.00313. The number of carbonyl (C=O) groups is 1. The van der Waals surface area contributed by atoms with Gasteiger partial charge in [-0.3, -0.25) is 0 Å². The zero-order valence-corrected chi connectivity index (χ0v) is 10.3. The molecule has 0 saturated heterocycles. The Kier molecular flexibility index (Phi) is 5.07. The van der Waals surface area contributed by atoms with Crippen LogP contribution in [0.25, 0.3) is 0 Å². The van der Waals surface area contributed by atoms with Gasteiger partial charge < -0.3 is 14.9 Å². The highest BCUT2D eigenvalue weighted by molar-refractivity contribution is 6.32. The van der Waals surface area contributed by atoms with E-state index in [9.17, 15) is 15.0 Å². The smallest absolute Gasteiger partial charge is 0.338 e. The summed E-state index contributed by atoms with van der Waals surface area (Å²) < 4.78 is 4.55. The summed E-state index contributed by atoms with van der Waals surface area (Å²) >= 11 is 11.2. The first-order chi connectivity index (χ1) is 7.97. The monoisotopic (exact) mass is 280 g/mol. The van der Waals surface area contributed by atoms with Crippen LogP contribution in [-0.2, 0) is 9.53 Å². The van der Waals surface area contributed by atoms with Crippen LogP contribution in [0.5, 0.6) is 0 Å². The Morgan fingerprint density at radius 2 is 2.18 bits per heavy atom. The van der Waals surface area contributed by atoms with Gasteiger partial charge in [-0.25, -0.2) is 14.8 Å². The van der Waals surface area contributed by atoms with Crippen molar-refractivity contribution in [3.63, 3.8) is 0 Å². The van der Waals surface area contributed by atoms with Gasteiger partial charge in [-0.05, 0) is 18.5 Å². The van der Waals surface area contributed by atoms with Gasteiger partial charge in [-0.2, -0.15) is 0 Å². The van der Waals surface area contributed by atoms with Gasteiger partial charge in [-0.15, -0.1) is 0 Å². The molecule has 94 valence electrons. The number of rotatable bonds is 4. The molecule has 0 amide bonds. The second kappa shape index (κ2) is 6.11. The molecule has 0 bridgehead atoms. The largest absolute Gasteiger partial charge is 0.464 e. The molecule has 0 saturated carbocycles. The summed E-state index contributed by atoms with van der Waals surface area (Å²) in [5.74, 6) is -0.953. The van der Waals surface area contributed by atoms with E-state index < -0.39 is 18.2 Å². The van der Waals surface area contributed by atoms with Crippen molar-refractivity contribution in [2.75, 3.05) is 6.61 Å². The first-order valence-electron chi connectivity index (χ1n) is 4.68. The van der Waals surface area contributed by atoms with Crippen LogP contribution in [0.4, 0.5) is 0 Å². The van der Waals surface area contributed by atoms with Gasteiger partial charge in [0, 0.05) is 11.8 Å². The maximum atomic E-state index is 11.2. The van der Waals surface area contributed by atoms with Gasteiger partial charge >= 0.3 is 5.97 Å². The number of hydrogen-bond donors (Lipinski definition) is 2. The topological polar surface area (TPSA) is 92.5 Å². The van der Waals surface area contributed by atoms with Crippen LogP contribution in [0.3, 0.4) is 0 Å². The molecule has 0 radical (unpaired) electrons. The zero-order valence-electron chi connectivity index (χ0n) is 8.80. The molecule has 0 spiro atoms. The van der Waals surface area contributed by atoms with Crippen LogP contribution in [0.15, 0.2) is 6.20 Å². The molecule has 2 N–H and O–H groups in total. The lowest BCUT2D eigenvalue weighted by Gasteiger charge is -2.16. The highest BCUT2D eigenvalue weighted by Crippen LogP contribution is 2.24. The Morgan fingerprint density at radius 3 is 2.71 bits per heavy atom. The first kappa shape index (κ1) is 14.1. The molecule has 0 aliphatic carbocycles. The molecule has 0 aromatic carbocycles. The average molecular weight is 281 g/mol. The molecule has 1 rings (SSSR count). The Morgan fingerprint density at radius 1 is 1.53 bits per heavy atom. The summed E-state index contributed by atoms with van der Waals surface area (Å²) in [4.78, 5) is 18.4. The summed E-state index contributed by atoms with van der Waals surface area (Å²) in [5, 5.41) is 19.0. The van der Waals surface area contributed by atoms with E-state index in [1.165, 1.54) is 0 Å². The number of ether oxygens (including phenoxy) is 1. The summed E-state index contributed by atoms with van der Waals surface area (Å²) in [6.07, 6.45) is -2.19. The number of aliphatic hydroxyl groups excluding tert-OH is 2. The van der Waals surface area contributed by atoms with Gasteiger partial charge in [0.25, 0.3) is 0 Å². The predicted octanol–water partition coefficient (Wildman–Crippen LogP) is 0.741. The van der Waals surface area contributed by atoms with Crippen molar-refractivity contribution in [1.82, 2.24) is 9.97 Å². The fourth-order valence-electron chi connectivity index (χ4n) is 1.08. The van der Waals surface area contributed by atoms with Crippen LogP contribution >= 0.6 is 23.2 Å². The predicted molar refractivity (Wildman–Crippen MR) is 59.7 cm³/mol. The molecule has 17 heavy (non-hydrogen) atoms. The van der Waals surface area contributed by atoms with E-state index in [2.05, 4.69) is 14.7 Å². The van der Waals surface area contributed by atoms with Crippen LogP contribution < -0.4 is 0 Å². The van der Waals surface area contributed by atoms with Gasteiger partial charge in [0.1, 0.15) is 11.3 Å². The number of carbonyl (C=O) groups excluding carboxylic acids is 1. The third-order valence-corrected chi connectivity index (χ3v) is 2.37. The Hall–Kier alpha value is -0.950. The Labute approximate surface area is 107 Å². The fourth-order valence-corrected chi connectivity index (χ4v) is 1.49. The summed E-state index contributed by atoms with van der Waals surface area (Å²) in [6.45, 7) is 1.67. The number of hydrogen-bond acceptors (Lipinski definition) is 6. The molecule has 2 atom stereocenters. The molecule has 1 aromatic rings. The number of aromatic nitrogens is 2. The molecule has 0 aliphatic heterocycles. The van der Waals surface area contributed by atoms with E-state index in [1.54, 1.807) is 6.92 Å². The molecule has 0 aliphatic rings. The van der Waals surface area contributed by atoms with Crippen LogP contribution in [-0.4, -0.2) is 38.9 Å². The number of aliphatic hydroxyl groups is 2. The van der Waals surface area contributed by atoms with Crippen molar-refractivity contribution in [2.24, 2.45) is 0 Å². The molecule has 1 heterocycles. The van der Waals surface area contributed by atoms with E-state index in [1.807, 2.05) is 0 Å². The lowest BCUT2D eigenvalue weighted by Crippen LogP contribution is -2.30. The quantitative estimate of drug-likeness (QED) is 0.480. The van der Waals surface area contributed by atoms with Crippen molar-refractivity contribution in [2.45, 2.75) is 19.1 Å². The zero-order chi connectivity index (χ0) is 13.0. The Balaban J connectivity index is 2.88. The molecule has 0 fully saturated rings. The van der Waals surface area contributed by atoms with E-state index in [4.69, 9.17) is 23.2 Å². The van der Waals surface area contributed by atoms with E-state index in [0.29, 0.717) is 0 Å². The van der Waals surface area contributed by atoms with Crippen molar-refractivity contribution in [3.8, 4) is 0 Å². The fraction of sp³-hybridized carbons (Fsp3) is 0.444. The first-order valence-corrected chi connectivity index (χ1v) is 5.43. The number of nitrogens with zero attached hydrogens (tertiary/aromatic N) is 2. The second-order valence-corrected chi connectivity index (χ2v) is 3.72. The van der Waals surface area contributed by atoms with Crippen LogP contribution in [0.2, 0.25) is 10.4 Å². The highest BCUT2D eigenvalue weighted by Gasteiger charge is 2.29. The van der Waals surface area contributed by atoms with Crippen LogP contribution in [0, 0.1) is 0 Å². The average Bonchev–Trinajstić information content (AvgIpc) is 2.27. The molecular formula is C9H10Cl2N2O4. The minimum atomic E-state index is -1.75. The van der Waals surface area contributed by atoms with Crippen molar-refractivity contribution >= 4 is 29.2 Å². The van der Waals surface area contributed by atoms with Gasteiger partial charge in [-0.1, -0.05) is 11.6 Å². The highest BCUT2D eigenvalue weighted by atomic mass is 35.5. The molecule has 1 aromatic heterocycles. The van der Waals surface area contributed by atoms with E-state index in [0.717, 1.165) is 6.20 Å². The third kappa shape index (κ3) is 3.50. The second-order valence-electron chi connectivity index (χ2n) is 3.03. The van der Waals surface area contributed by atoms with E-state index in [-0.39, 0.29) is 22.6 Å². The summed E-state index contributed by atoms with van der Waals surface area (Å²) in [5.41, 5.74) is -0.00313. The molecule has 6 nitrogen and oxygen atoms in total. The molecule has 2 unspecified atom stereocenters. The Bertz CT molecular complexity index is 416. The lowest BCUT2D eigenvalue weighted by atomic mass is 10.1. The summed E-state index contributed by atoms with van der Waals surface area (Å²) in [7, 11) is 0. The minimum Gasteiger partial charge on any atom is -0.464 e. The van der Waals surface area contributed by atoms with Gasteiger partial charge in [0.05, 0.1) is 6.61 Å². The van der Waals surface area contributed by atoms with Crippen molar-refractivity contribution in [3.05, 3.63) is 22.2 Å². The number of esters is 1. The van der Waals surface area contributed by atoms with Crippen molar-refractivity contribution in [1.29, 1.82) is 0 Å². The molecule has 8 heteroatoms.